The molecule has 0 radical (unpaired) electrons. The Hall–Kier alpha value is -2.56. The highest BCUT2D eigenvalue weighted by atomic mass is 16.5. The van der Waals surface area contributed by atoms with Crippen LogP contribution >= 0.6 is 0 Å². The van der Waals surface area contributed by atoms with E-state index in [1.165, 1.54) is 6.92 Å². The van der Waals surface area contributed by atoms with E-state index < -0.39 is 0 Å². The Balaban J connectivity index is 2.13. The van der Waals surface area contributed by atoms with Crippen molar-refractivity contribution >= 4 is 23.1 Å². The van der Waals surface area contributed by atoms with E-state index >= 15 is 0 Å². The summed E-state index contributed by atoms with van der Waals surface area (Å²) in [6, 6.07) is 11.3. The molecule has 0 aliphatic carbocycles. The zero-order chi connectivity index (χ0) is 15.2. The zero-order valence-corrected chi connectivity index (χ0v) is 12.4. The molecule has 0 saturated carbocycles. The van der Waals surface area contributed by atoms with E-state index in [1.807, 2.05) is 44.2 Å². The SMILES string of the molecule is CC(=O)Nc1ccc(Nc2ccccc2OC(C)C)cn1. The lowest BCUT2D eigenvalue weighted by Crippen LogP contribution is -2.08. The largest absolute Gasteiger partial charge is 0.489 e. The van der Waals surface area contributed by atoms with Crippen LogP contribution in [0.4, 0.5) is 17.2 Å². The molecule has 5 heteroatoms. The van der Waals surface area contributed by atoms with Crippen molar-refractivity contribution in [1.82, 2.24) is 4.98 Å². The summed E-state index contributed by atoms with van der Waals surface area (Å²) in [6.45, 7) is 5.43. The number of pyridine rings is 1. The molecule has 2 aromatic rings. The number of anilines is 3. The second-order valence-electron chi connectivity index (χ2n) is 4.90. The summed E-state index contributed by atoms with van der Waals surface area (Å²) in [5.41, 5.74) is 1.70. The second-order valence-corrected chi connectivity index (χ2v) is 4.90. The van der Waals surface area contributed by atoms with Gasteiger partial charge < -0.3 is 15.4 Å². The maximum atomic E-state index is 11.0. The highest BCUT2D eigenvalue weighted by Gasteiger charge is 2.05. The highest BCUT2D eigenvalue weighted by Crippen LogP contribution is 2.28. The Labute approximate surface area is 124 Å². The normalized spacial score (nSPS) is 10.3. The molecule has 0 saturated heterocycles. The molecule has 21 heavy (non-hydrogen) atoms. The summed E-state index contributed by atoms with van der Waals surface area (Å²) in [6.07, 6.45) is 1.77. The van der Waals surface area contributed by atoms with Crippen LogP contribution in [0.2, 0.25) is 0 Å². The lowest BCUT2D eigenvalue weighted by atomic mass is 10.2. The lowest BCUT2D eigenvalue weighted by Gasteiger charge is -2.15. The van der Waals surface area contributed by atoms with Crippen LogP contribution in [0.5, 0.6) is 5.75 Å². The van der Waals surface area contributed by atoms with Gasteiger partial charge in [0.25, 0.3) is 0 Å². The number of para-hydroxylation sites is 2. The monoisotopic (exact) mass is 285 g/mol. The maximum absolute atomic E-state index is 11.0. The molecule has 0 fully saturated rings. The Kier molecular flexibility index (Phi) is 4.77. The van der Waals surface area contributed by atoms with Crippen LogP contribution in [0, 0.1) is 0 Å². The van der Waals surface area contributed by atoms with Gasteiger partial charge in [-0.1, -0.05) is 12.1 Å². The summed E-state index contributed by atoms with van der Waals surface area (Å²) in [4.78, 5) is 15.1. The fourth-order valence-electron chi connectivity index (χ4n) is 1.80. The molecule has 1 amide bonds. The second kappa shape index (κ2) is 6.74. The van der Waals surface area contributed by atoms with Crippen molar-refractivity contribution in [2.45, 2.75) is 26.9 Å². The van der Waals surface area contributed by atoms with Gasteiger partial charge in [-0.25, -0.2) is 4.98 Å². The molecule has 0 aliphatic heterocycles. The van der Waals surface area contributed by atoms with Crippen molar-refractivity contribution in [3.8, 4) is 5.75 Å². The molecule has 0 spiro atoms. The number of benzene rings is 1. The van der Waals surface area contributed by atoms with E-state index in [0.717, 1.165) is 17.1 Å². The zero-order valence-electron chi connectivity index (χ0n) is 12.4. The molecule has 0 bridgehead atoms. The van der Waals surface area contributed by atoms with Crippen molar-refractivity contribution in [2.24, 2.45) is 0 Å². The Morgan fingerprint density at radius 2 is 1.95 bits per heavy atom. The van der Waals surface area contributed by atoms with Gasteiger partial charge in [0.1, 0.15) is 11.6 Å². The number of carbonyl (C=O) groups excluding carboxylic acids is 1. The van der Waals surface area contributed by atoms with Crippen LogP contribution in [-0.2, 0) is 4.79 Å². The van der Waals surface area contributed by atoms with Crippen LogP contribution < -0.4 is 15.4 Å². The molecule has 2 N–H and O–H groups in total. The number of hydrogen-bond acceptors (Lipinski definition) is 4. The highest BCUT2D eigenvalue weighted by molar-refractivity contribution is 5.87. The van der Waals surface area contributed by atoms with Crippen molar-refractivity contribution < 1.29 is 9.53 Å². The number of amides is 1. The van der Waals surface area contributed by atoms with Crippen LogP contribution in [0.3, 0.4) is 0 Å². The van der Waals surface area contributed by atoms with Gasteiger partial charge in [0.2, 0.25) is 5.91 Å². The number of aromatic nitrogens is 1. The molecule has 110 valence electrons. The Morgan fingerprint density at radius 3 is 2.57 bits per heavy atom. The van der Waals surface area contributed by atoms with Gasteiger partial charge in [0.15, 0.2) is 0 Å². The first-order valence-corrected chi connectivity index (χ1v) is 6.81. The Morgan fingerprint density at radius 1 is 1.19 bits per heavy atom. The van der Waals surface area contributed by atoms with Crippen LogP contribution in [0.15, 0.2) is 42.6 Å². The predicted molar refractivity (Wildman–Crippen MR) is 84.0 cm³/mol. The van der Waals surface area contributed by atoms with E-state index in [-0.39, 0.29) is 12.0 Å². The number of hydrogen-bond donors (Lipinski definition) is 2. The predicted octanol–water partition coefficient (Wildman–Crippen LogP) is 3.57. The van der Waals surface area contributed by atoms with E-state index in [9.17, 15) is 4.79 Å². The molecular formula is C16H19N3O2. The van der Waals surface area contributed by atoms with Crippen molar-refractivity contribution in [3.05, 3.63) is 42.6 Å². The summed E-state index contributed by atoms with van der Waals surface area (Å²) in [7, 11) is 0. The molecule has 0 unspecified atom stereocenters. The minimum atomic E-state index is -0.140. The number of nitrogens with one attached hydrogen (secondary N) is 2. The molecular weight excluding hydrogens is 266 g/mol. The van der Waals surface area contributed by atoms with E-state index in [4.69, 9.17) is 4.74 Å². The topological polar surface area (TPSA) is 63.2 Å². The average Bonchev–Trinajstić information content (AvgIpc) is 2.42. The molecule has 1 aromatic carbocycles. The average molecular weight is 285 g/mol. The van der Waals surface area contributed by atoms with Gasteiger partial charge in [-0.05, 0) is 38.1 Å². The van der Waals surface area contributed by atoms with Crippen molar-refractivity contribution in [2.75, 3.05) is 10.6 Å². The van der Waals surface area contributed by atoms with Gasteiger partial charge in [0, 0.05) is 6.92 Å². The molecule has 0 atom stereocenters. The third-order valence-corrected chi connectivity index (χ3v) is 2.60. The first kappa shape index (κ1) is 14.8. The van der Waals surface area contributed by atoms with Crippen molar-refractivity contribution in [1.29, 1.82) is 0 Å². The molecule has 0 aliphatic rings. The van der Waals surface area contributed by atoms with E-state index in [1.54, 1.807) is 12.3 Å². The van der Waals surface area contributed by atoms with E-state index in [0.29, 0.717) is 5.82 Å². The van der Waals surface area contributed by atoms with Gasteiger partial charge in [-0.3, -0.25) is 4.79 Å². The maximum Gasteiger partial charge on any atom is 0.222 e. The number of rotatable bonds is 5. The van der Waals surface area contributed by atoms with Crippen LogP contribution in [-0.4, -0.2) is 17.0 Å². The summed E-state index contributed by atoms with van der Waals surface area (Å²) in [5, 5.41) is 5.89. The van der Waals surface area contributed by atoms with Gasteiger partial charge in [-0.15, -0.1) is 0 Å². The third kappa shape index (κ3) is 4.49. The minimum Gasteiger partial charge on any atom is -0.489 e. The number of ether oxygens (including phenoxy) is 1. The van der Waals surface area contributed by atoms with E-state index in [2.05, 4.69) is 15.6 Å². The molecule has 1 heterocycles. The minimum absolute atomic E-state index is 0.105. The molecule has 5 nitrogen and oxygen atoms in total. The Bertz CT molecular complexity index is 609. The lowest BCUT2D eigenvalue weighted by molar-refractivity contribution is -0.114. The van der Waals surface area contributed by atoms with Gasteiger partial charge in [0.05, 0.1) is 23.7 Å². The number of carbonyl (C=O) groups is 1. The van der Waals surface area contributed by atoms with Gasteiger partial charge >= 0.3 is 0 Å². The summed E-state index contributed by atoms with van der Waals surface area (Å²) < 4.78 is 5.75. The molecule has 1 aromatic heterocycles. The van der Waals surface area contributed by atoms with Crippen LogP contribution in [0.25, 0.3) is 0 Å². The fraction of sp³-hybridized carbons (Fsp3) is 0.250. The third-order valence-electron chi connectivity index (χ3n) is 2.60. The summed E-state index contributed by atoms with van der Waals surface area (Å²) in [5.74, 6) is 1.18. The first-order chi connectivity index (χ1) is 10.0. The first-order valence-electron chi connectivity index (χ1n) is 6.81. The quantitative estimate of drug-likeness (QED) is 0.881. The fourth-order valence-corrected chi connectivity index (χ4v) is 1.80. The standard InChI is InChI=1S/C16H19N3O2/c1-11(2)21-15-7-5-4-6-14(15)19-13-8-9-16(17-10-13)18-12(3)20/h4-11,19H,1-3H3,(H,17,18,20). The van der Waals surface area contributed by atoms with Gasteiger partial charge in [-0.2, -0.15) is 0 Å². The smallest absolute Gasteiger partial charge is 0.222 e. The van der Waals surface area contributed by atoms with Crippen LogP contribution in [0.1, 0.15) is 20.8 Å². The number of nitrogens with zero attached hydrogens (tertiary/aromatic N) is 1. The summed E-state index contributed by atoms with van der Waals surface area (Å²) >= 11 is 0. The molecule has 2 rings (SSSR count). The van der Waals surface area contributed by atoms with Crippen molar-refractivity contribution in [3.63, 3.8) is 0 Å².